The van der Waals surface area contributed by atoms with Crippen LogP contribution in [-0.4, -0.2) is 50.1 Å². The van der Waals surface area contributed by atoms with Crippen molar-refractivity contribution in [3.63, 3.8) is 0 Å². The summed E-state index contributed by atoms with van der Waals surface area (Å²) in [7, 11) is 0. The quantitative estimate of drug-likeness (QED) is 0.593. The molecule has 2 saturated carbocycles. The van der Waals surface area contributed by atoms with Gasteiger partial charge in [0, 0.05) is 37.8 Å². The Hall–Kier alpha value is -2.42. The molecule has 0 aromatic carbocycles. The lowest BCUT2D eigenvalue weighted by Gasteiger charge is -2.41. The molecule has 2 aliphatic rings. The van der Waals surface area contributed by atoms with E-state index in [1.807, 2.05) is 10.8 Å². The van der Waals surface area contributed by atoms with E-state index in [-0.39, 0.29) is 18.6 Å². The lowest BCUT2D eigenvalue weighted by molar-refractivity contribution is -0.140. The maximum atomic E-state index is 13.5. The molecule has 9 heteroatoms. The Morgan fingerprint density at radius 3 is 2.34 bits per heavy atom. The zero-order valence-electron chi connectivity index (χ0n) is 18.8. The number of urea groups is 1. The molecule has 0 aliphatic heterocycles. The van der Waals surface area contributed by atoms with Crippen LogP contribution in [0.2, 0.25) is 0 Å². The minimum absolute atomic E-state index is 0.0266. The predicted octanol–water partition coefficient (Wildman–Crippen LogP) is 4.93. The number of nitrogens with one attached hydrogen (secondary N) is 1. The fraction of sp³-hybridized carbons (Fsp3) is 0.652. The van der Waals surface area contributed by atoms with Crippen molar-refractivity contribution in [3.8, 4) is 5.00 Å². The molecule has 2 aromatic rings. The Labute approximate surface area is 193 Å². The number of nitrogens with zero attached hydrogens (tertiary/aromatic N) is 4. The maximum absolute atomic E-state index is 13.5. The van der Waals surface area contributed by atoms with Crippen LogP contribution in [0.1, 0.15) is 76.8 Å². The number of amides is 2. The van der Waals surface area contributed by atoms with Crippen LogP contribution in [-0.2, 0) is 16.0 Å². The Morgan fingerprint density at radius 1 is 1.12 bits per heavy atom. The molecule has 2 fully saturated rings. The molecule has 4 rings (SSSR count). The summed E-state index contributed by atoms with van der Waals surface area (Å²) >= 11 is 1.43. The van der Waals surface area contributed by atoms with Crippen LogP contribution >= 0.6 is 11.3 Å². The first kappa shape index (κ1) is 22.8. The fourth-order valence-electron chi connectivity index (χ4n) is 4.94. The van der Waals surface area contributed by atoms with Gasteiger partial charge in [-0.05, 0) is 25.7 Å². The van der Waals surface area contributed by atoms with Gasteiger partial charge in [-0.25, -0.2) is 14.8 Å². The van der Waals surface area contributed by atoms with Crippen molar-refractivity contribution in [2.24, 2.45) is 0 Å². The minimum atomic E-state index is -0.312. The number of imidazole rings is 1. The van der Waals surface area contributed by atoms with E-state index in [1.165, 1.54) is 56.8 Å². The fourth-order valence-corrected chi connectivity index (χ4v) is 5.89. The second-order valence-electron chi connectivity index (χ2n) is 8.75. The lowest BCUT2D eigenvalue weighted by atomic mass is 9.89. The van der Waals surface area contributed by atoms with E-state index < -0.39 is 0 Å². The van der Waals surface area contributed by atoms with Crippen molar-refractivity contribution in [1.29, 1.82) is 0 Å². The maximum Gasteiger partial charge on any atom is 0.324 e. The molecule has 8 nitrogen and oxygen atoms in total. The first-order valence-corrected chi connectivity index (χ1v) is 12.6. The molecule has 174 valence electrons. The number of carbonyl (C=O) groups excluding carboxylic acids is 2. The highest BCUT2D eigenvalue weighted by Crippen LogP contribution is 2.32. The first-order chi connectivity index (χ1) is 15.6. The van der Waals surface area contributed by atoms with Gasteiger partial charge < -0.3 is 9.64 Å². The highest BCUT2D eigenvalue weighted by atomic mass is 32.1. The van der Waals surface area contributed by atoms with Crippen LogP contribution in [0.25, 0.3) is 5.00 Å². The van der Waals surface area contributed by atoms with E-state index in [9.17, 15) is 9.59 Å². The van der Waals surface area contributed by atoms with E-state index in [1.54, 1.807) is 12.5 Å². The normalized spacial score (nSPS) is 17.8. The van der Waals surface area contributed by atoms with Gasteiger partial charge >= 0.3 is 12.0 Å². The highest BCUT2D eigenvalue weighted by molar-refractivity contribution is 7.18. The van der Waals surface area contributed by atoms with Crippen LogP contribution in [0.4, 0.5) is 9.93 Å². The summed E-state index contributed by atoms with van der Waals surface area (Å²) in [6, 6.07) is 0.619. The molecule has 0 saturated heterocycles. The SMILES string of the molecule is CC(=O)OCCc1nc(NC(=O)N(C2CCCCC2)C2CCCCC2)sc1-n1ccnc1. The van der Waals surface area contributed by atoms with Crippen LogP contribution in [0.5, 0.6) is 0 Å². The second-order valence-corrected chi connectivity index (χ2v) is 9.73. The van der Waals surface area contributed by atoms with E-state index in [4.69, 9.17) is 9.72 Å². The molecule has 2 amide bonds. The summed E-state index contributed by atoms with van der Waals surface area (Å²) in [6.07, 6.45) is 17.5. The van der Waals surface area contributed by atoms with E-state index >= 15 is 0 Å². The molecule has 2 aromatic heterocycles. The topological polar surface area (TPSA) is 89.3 Å². The van der Waals surface area contributed by atoms with Gasteiger partial charge in [-0.1, -0.05) is 49.9 Å². The van der Waals surface area contributed by atoms with Crippen LogP contribution in [0.15, 0.2) is 18.7 Å². The first-order valence-electron chi connectivity index (χ1n) is 11.8. The molecular formula is C23H33N5O3S. The molecule has 0 bridgehead atoms. The zero-order valence-corrected chi connectivity index (χ0v) is 19.6. The standard InChI is InChI=1S/C23H33N5O3S/c1-17(29)31-15-12-20-21(27-14-13-24-16-27)32-22(25-20)26-23(30)28(18-8-4-2-5-9-18)19-10-6-3-7-11-19/h13-14,16,18-19H,2-12,15H2,1H3,(H,25,26,30). The average molecular weight is 460 g/mol. The number of hydrogen-bond acceptors (Lipinski definition) is 6. The second kappa shape index (κ2) is 10.9. The Morgan fingerprint density at radius 2 is 1.78 bits per heavy atom. The Balaban J connectivity index is 1.52. The molecule has 2 heterocycles. The molecule has 1 N–H and O–H groups in total. The summed E-state index contributed by atoms with van der Waals surface area (Å²) in [5, 5.41) is 4.57. The summed E-state index contributed by atoms with van der Waals surface area (Å²) in [6.45, 7) is 1.65. The lowest BCUT2D eigenvalue weighted by Crippen LogP contribution is -2.50. The molecule has 0 radical (unpaired) electrons. The number of esters is 1. The van der Waals surface area contributed by atoms with Gasteiger partial charge in [0.05, 0.1) is 18.6 Å². The van der Waals surface area contributed by atoms with Crippen LogP contribution < -0.4 is 5.32 Å². The van der Waals surface area contributed by atoms with Crippen molar-refractivity contribution in [2.45, 2.75) is 89.6 Å². The van der Waals surface area contributed by atoms with Crippen LogP contribution in [0.3, 0.4) is 0 Å². The summed E-state index contributed by atoms with van der Waals surface area (Å²) in [5.41, 5.74) is 0.784. The van der Waals surface area contributed by atoms with Gasteiger partial charge in [0.1, 0.15) is 5.00 Å². The van der Waals surface area contributed by atoms with Gasteiger partial charge in [0.15, 0.2) is 5.13 Å². The average Bonchev–Trinajstić information content (AvgIpc) is 3.45. The number of ether oxygens (including phenoxy) is 1. The molecule has 0 spiro atoms. The van der Waals surface area contributed by atoms with E-state index in [0.717, 1.165) is 36.4 Å². The van der Waals surface area contributed by atoms with E-state index in [2.05, 4.69) is 15.2 Å². The number of rotatable bonds is 7. The van der Waals surface area contributed by atoms with Crippen LogP contribution in [0, 0.1) is 0 Å². The molecule has 0 atom stereocenters. The van der Waals surface area contributed by atoms with Crippen molar-refractivity contribution >= 4 is 28.5 Å². The molecule has 0 unspecified atom stereocenters. The smallest absolute Gasteiger partial charge is 0.324 e. The Kier molecular flexibility index (Phi) is 7.78. The third kappa shape index (κ3) is 5.68. The molecule has 32 heavy (non-hydrogen) atoms. The number of thiazole rings is 1. The third-order valence-corrected chi connectivity index (χ3v) is 7.47. The van der Waals surface area contributed by atoms with Gasteiger partial charge in [0.25, 0.3) is 0 Å². The van der Waals surface area contributed by atoms with Crippen molar-refractivity contribution in [3.05, 3.63) is 24.4 Å². The third-order valence-electron chi connectivity index (χ3n) is 6.44. The van der Waals surface area contributed by atoms with Crippen molar-refractivity contribution < 1.29 is 14.3 Å². The Bertz CT molecular complexity index is 868. The van der Waals surface area contributed by atoms with Gasteiger partial charge in [-0.15, -0.1) is 0 Å². The van der Waals surface area contributed by atoms with Gasteiger partial charge in [-0.2, -0.15) is 0 Å². The summed E-state index contributed by atoms with van der Waals surface area (Å²) < 4.78 is 7.00. The predicted molar refractivity (Wildman–Crippen MR) is 124 cm³/mol. The van der Waals surface area contributed by atoms with E-state index in [0.29, 0.717) is 23.6 Å². The number of aromatic nitrogens is 3. The molecular weight excluding hydrogens is 426 g/mol. The number of anilines is 1. The highest BCUT2D eigenvalue weighted by Gasteiger charge is 2.33. The van der Waals surface area contributed by atoms with Crippen molar-refractivity contribution in [2.75, 3.05) is 11.9 Å². The number of carbonyl (C=O) groups is 2. The van der Waals surface area contributed by atoms with Gasteiger partial charge in [0.2, 0.25) is 0 Å². The largest absolute Gasteiger partial charge is 0.465 e. The summed E-state index contributed by atoms with van der Waals surface area (Å²) in [4.78, 5) is 35.6. The van der Waals surface area contributed by atoms with Gasteiger partial charge in [-0.3, -0.25) is 14.7 Å². The monoisotopic (exact) mass is 459 g/mol. The summed E-state index contributed by atoms with van der Waals surface area (Å²) in [5.74, 6) is -0.312. The minimum Gasteiger partial charge on any atom is -0.465 e. The molecule has 2 aliphatic carbocycles. The number of hydrogen-bond donors (Lipinski definition) is 1. The zero-order chi connectivity index (χ0) is 22.3. The van der Waals surface area contributed by atoms with Crippen molar-refractivity contribution in [1.82, 2.24) is 19.4 Å².